The highest BCUT2D eigenvalue weighted by Gasteiger charge is 2.48. The van der Waals surface area contributed by atoms with Crippen molar-refractivity contribution in [3.05, 3.63) is 28.2 Å². The lowest BCUT2D eigenvalue weighted by molar-refractivity contribution is -0.0500. The van der Waals surface area contributed by atoms with Crippen molar-refractivity contribution in [2.24, 2.45) is 0 Å². The standard InChI is InChI=1S/C7H3Cl2F3O3S/c8-4-2-1-3-5(6(4)9)15-16(13,14)7(10,11)12/h1-3H. The highest BCUT2D eigenvalue weighted by molar-refractivity contribution is 7.88. The Kier molecular flexibility index (Phi) is 3.61. The summed E-state index contributed by atoms with van der Waals surface area (Å²) in [5.41, 5.74) is -5.52. The van der Waals surface area contributed by atoms with Crippen molar-refractivity contribution in [2.75, 3.05) is 0 Å². The van der Waals surface area contributed by atoms with E-state index < -0.39 is 26.4 Å². The summed E-state index contributed by atoms with van der Waals surface area (Å²) in [6.07, 6.45) is 0. The third kappa shape index (κ3) is 2.72. The topological polar surface area (TPSA) is 43.4 Å². The number of hydrogen-bond donors (Lipinski definition) is 0. The van der Waals surface area contributed by atoms with Crippen molar-refractivity contribution < 1.29 is 25.8 Å². The largest absolute Gasteiger partial charge is 0.534 e. The molecule has 0 atom stereocenters. The van der Waals surface area contributed by atoms with Gasteiger partial charge in [-0.25, -0.2) is 0 Å². The zero-order chi connectivity index (χ0) is 12.6. The third-order valence-electron chi connectivity index (χ3n) is 1.40. The molecule has 0 N–H and O–H groups in total. The molecule has 1 rings (SSSR count). The van der Waals surface area contributed by atoms with E-state index in [0.717, 1.165) is 6.07 Å². The quantitative estimate of drug-likeness (QED) is 0.621. The molecule has 0 aliphatic carbocycles. The molecule has 0 saturated heterocycles. The van der Waals surface area contributed by atoms with Crippen LogP contribution in [-0.4, -0.2) is 13.9 Å². The molecule has 16 heavy (non-hydrogen) atoms. The fraction of sp³-hybridized carbons (Fsp3) is 0.143. The average molecular weight is 295 g/mol. The summed E-state index contributed by atoms with van der Waals surface area (Å²) >= 11 is 10.9. The van der Waals surface area contributed by atoms with E-state index in [4.69, 9.17) is 23.2 Å². The number of hydrogen-bond acceptors (Lipinski definition) is 3. The highest BCUT2D eigenvalue weighted by atomic mass is 35.5. The van der Waals surface area contributed by atoms with Crippen LogP contribution in [0.5, 0.6) is 5.75 Å². The fourth-order valence-corrected chi connectivity index (χ4v) is 1.56. The molecule has 0 aromatic heterocycles. The second kappa shape index (κ2) is 4.31. The number of benzene rings is 1. The minimum Gasteiger partial charge on any atom is -0.374 e. The van der Waals surface area contributed by atoms with Gasteiger partial charge in [0.1, 0.15) is 5.02 Å². The number of halogens is 5. The average Bonchev–Trinajstić information content (AvgIpc) is 2.11. The Labute approximate surface area is 98.8 Å². The molecule has 1 aromatic carbocycles. The second-order valence-electron chi connectivity index (χ2n) is 2.54. The maximum atomic E-state index is 12.0. The van der Waals surface area contributed by atoms with Gasteiger partial charge in [0.25, 0.3) is 0 Å². The van der Waals surface area contributed by atoms with E-state index >= 15 is 0 Å². The Morgan fingerprint density at radius 2 is 1.75 bits per heavy atom. The third-order valence-corrected chi connectivity index (χ3v) is 3.17. The first-order valence-electron chi connectivity index (χ1n) is 3.60. The van der Waals surface area contributed by atoms with Gasteiger partial charge in [0.2, 0.25) is 0 Å². The minimum absolute atomic E-state index is 0.114. The van der Waals surface area contributed by atoms with Gasteiger partial charge in [-0.1, -0.05) is 29.3 Å². The van der Waals surface area contributed by atoms with Crippen LogP contribution in [0.25, 0.3) is 0 Å². The van der Waals surface area contributed by atoms with Gasteiger partial charge in [0, 0.05) is 0 Å². The maximum Gasteiger partial charge on any atom is 0.534 e. The molecule has 0 unspecified atom stereocenters. The molecule has 0 fully saturated rings. The van der Waals surface area contributed by atoms with Crippen LogP contribution in [0.1, 0.15) is 0 Å². The van der Waals surface area contributed by atoms with Crippen LogP contribution in [0.15, 0.2) is 18.2 Å². The highest BCUT2D eigenvalue weighted by Crippen LogP contribution is 2.35. The smallest absolute Gasteiger partial charge is 0.374 e. The SMILES string of the molecule is O=S(=O)(Oc1cccc(Cl)c1Cl)C(F)(F)F. The van der Waals surface area contributed by atoms with Crippen LogP contribution in [0.2, 0.25) is 10.0 Å². The monoisotopic (exact) mass is 294 g/mol. The molecule has 0 bridgehead atoms. The van der Waals surface area contributed by atoms with Gasteiger partial charge in [-0.05, 0) is 12.1 Å². The molecule has 9 heteroatoms. The zero-order valence-corrected chi connectivity index (χ0v) is 9.58. The Hall–Kier alpha value is -0.660. The van der Waals surface area contributed by atoms with Crippen molar-refractivity contribution in [3.63, 3.8) is 0 Å². The minimum atomic E-state index is -5.73. The predicted octanol–water partition coefficient (Wildman–Crippen LogP) is 3.22. The molecule has 0 heterocycles. The fourth-order valence-electron chi connectivity index (χ4n) is 0.714. The zero-order valence-electron chi connectivity index (χ0n) is 7.25. The first-order valence-corrected chi connectivity index (χ1v) is 5.76. The van der Waals surface area contributed by atoms with Gasteiger partial charge in [0.15, 0.2) is 5.75 Å². The van der Waals surface area contributed by atoms with Gasteiger partial charge in [-0.15, -0.1) is 0 Å². The van der Waals surface area contributed by atoms with Crippen LogP contribution < -0.4 is 4.18 Å². The predicted molar refractivity (Wildman–Crippen MR) is 52.1 cm³/mol. The number of alkyl halides is 3. The lowest BCUT2D eigenvalue weighted by atomic mass is 10.3. The van der Waals surface area contributed by atoms with Crippen molar-refractivity contribution >= 4 is 33.3 Å². The summed E-state index contributed by atoms with van der Waals surface area (Å²) in [6, 6.07) is 3.43. The van der Waals surface area contributed by atoms with Crippen molar-refractivity contribution in [1.29, 1.82) is 0 Å². The molecule has 0 spiro atoms. The molecular weight excluding hydrogens is 292 g/mol. The molecule has 0 aliphatic heterocycles. The summed E-state index contributed by atoms with van der Waals surface area (Å²) < 4.78 is 61.0. The molecule has 0 amide bonds. The van der Waals surface area contributed by atoms with E-state index in [-0.39, 0.29) is 5.02 Å². The van der Waals surface area contributed by atoms with E-state index in [1.165, 1.54) is 12.1 Å². The summed E-state index contributed by atoms with van der Waals surface area (Å²) in [5, 5.41) is -0.520. The van der Waals surface area contributed by atoms with Crippen molar-refractivity contribution in [1.82, 2.24) is 0 Å². The Morgan fingerprint density at radius 3 is 2.25 bits per heavy atom. The van der Waals surface area contributed by atoms with Crippen LogP contribution >= 0.6 is 23.2 Å². The van der Waals surface area contributed by atoms with Crippen LogP contribution in [0, 0.1) is 0 Å². The van der Waals surface area contributed by atoms with Gasteiger partial charge in [0.05, 0.1) is 5.02 Å². The van der Waals surface area contributed by atoms with E-state index in [1.807, 2.05) is 0 Å². The molecule has 90 valence electrons. The summed E-state index contributed by atoms with van der Waals surface area (Å²) in [7, 11) is -5.73. The normalized spacial score (nSPS) is 12.6. The first kappa shape index (κ1) is 13.4. The van der Waals surface area contributed by atoms with Crippen LogP contribution in [-0.2, 0) is 10.1 Å². The summed E-state index contributed by atoms with van der Waals surface area (Å²) in [5.74, 6) is -0.675. The van der Waals surface area contributed by atoms with Crippen molar-refractivity contribution in [3.8, 4) is 5.75 Å². The summed E-state index contributed by atoms with van der Waals surface area (Å²) in [4.78, 5) is 0. The lowest BCUT2D eigenvalue weighted by Gasteiger charge is -2.10. The first-order chi connectivity index (χ1) is 7.15. The molecule has 3 nitrogen and oxygen atoms in total. The Bertz CT molecular complexity index is 498. The molecule has 0 radical (unpaired) electrons. The molecular formula is C7H3Cl2F3O3S. The Morgan fingerprint density at radius 1 is 1.19 bits per heavy atom. The maximum absolute atomic E-state index is 12.0. The molecule has 0 saturated carbocycles. The molecule has 1 aromatic rings. The van der Waals surface area contributed by atoms with Gasteiger partial charge < -0.3 is 4.18 Å². The number of rotatable bonds is 2. The van der Waals surface area contributed by atoms with Crippen molar-refractivity contribution in [2.45, 2.75) is 5.51 Å². The molecule has 0 aliphatic rings. The van der Waals surface area contributed by atoms with E-state index in [2.05, 4.69) is 4.18 Å². The van der Waals surface area contributed by atoms with Crippen LogP contribution in [0.4, 0.5) is 13.2 Å². The Balaban J connectivity index is 3.12. The van der Waals surface area contributed by atoms with E-state index in [1.54, 1.807) is 0 Å². The van der Waals surface area contributed by atoms with Gasteiger partial charge in [-0.3, -0.25) is 0 Å². The summed E-state index contributed by atoms with van der Waals surface area (Å²) in [6.45, 7) is 0. The van der Waals surface area contributed by atoms with E-state index in [9.17, 15) is 21.6 Å². The van der Waals surface area contributed by atoms with Gasteiger partial charge in [-0.2, -0.15) is 21.6 Å². The van der Waals surface area contributed by atoms with Crippen LogP contribution in [0.3, 0.4) is 0 Å². The second-order valence-corrected chi connectivity index (χ2v) is 4.86. The lowest BCUT2D eigenvalue weighted by Crippen LogP contribution is -2.28. The van der Waals surface area contributed by atoms with Gasteiger partial charge >= 0.3 is 15.6 Å². The van der Waals surface area contributed by atoms with E-state index in [0.29, 0.717) is 0 Å².